The van der Waals surface area contributed by atoms with Crippen molar-refractivity contribution < 1.29 is 4.79 Å². The number of nitrogens with zero attached hydrogens (tertiary/aromatic N) is 4. The van der Waals surface area contributed by atoms with E-state index < -0.39 is 0 Å². The number of carbonyl (C=O) groups is 1. The topological polar surface area (TPSA) is 64.7 Å². The largest absolute Gasteiger partial charge is 0.322 e. The molecule has 0 fully saturated rings. The molecule has 6 nitrogen and oxygen atoms in total. The predicted molar refractivity (Wildman–Crippen MR) is 111 cm³/mol. The van der Waals surface area contributed by atoms with Gasteiger partial charge in [-0.05, 0) is 30.2 Å². The molecule has 4 rings (SSSR count). The zero-order chi connectivity index (χ0) is 19.7. The van der Waals surface area contributed by atoms with Crippen LogP contribution in [0.25, 0.3) is 10.8 Å². The third-order valence-corrected chi connectivity index (χ3v) is 5.26. The Morgan fingerprint density at radius 3 is 2.71 bits per heavy atom. The van der Waals surface area contributed by atoms with Gasteiger partial charge in [0.1, 0.15) is 6.54 Å². The molecule has 2 aromatic heterocycles. The van der Waals surface area contributed by atoms with Crippen LogP contribution >= 0.6 is 11.6 Å². The summed E-state index contributed by atoms with van der Waals surface area (Å²) in [5, 5.41) is 14.5. The SMILES string of the molecule is Cc1nn(CC(=O)Nc2cnn(Cc3cccc4ccccc34)c2)c(C)c1Cl. The third kappa shape index (κ3) is 3.64. The number of hydrogen-bond acceptors (Lipinski definition) is 3. The van der Waals surface area contributed by atoms with E-state index in [2.05, 4.69) is 39.8 Å². The van der Waals surface area contributed by atoms with Gasteiger partial charge in [-0.25, -0.2) is 0 Å². The Hall–Kier alpha value is -3.12. The van der Waals surface area contributed by atoms with Crippen LogP contribution in [0.4, 0.5) is 5.69 Å². The van der Waals surface area contributed by atoms with E-state index in [1.807, 2.05) is 42.9 Å². The molecule has 0 radical (unpaired) electrons. The lowest BCUT2D eigenvalue weighted by atomic mass is 10.0. The summed E-state index contributed by atoms with van der Waals surface area (Å²) in [6.07, 6.45) is 3.48. The summed E-state index contributed by atoms with van der Waals surface area (Å²) in [5.74, 6) is -0.174. The molecule has 4 aromatic rings. The minimum Gasteiger partial charge on any atom is -0.322 e. The molecule has 0 saturated heterocycles. The number of halogens is 1. The fraction of sp³-hybridized carbons (Fsp3) is 0.190. The average Bonchev–Trinajstić information content (AvgIpc) is 3.22. The molecular formula is C21H20ClN5O. The molecule has 0 aliphatic rings. The van der Waals surface area contributed by atoms with Crippen LogP contribution in [0.15, 0.2) is 54.9 Å². The van der Waals surface area contributed by atoms with Crippen molar-refractivity contribution in [2.45, 2.75) is 26.9 Å². The summed E-state index contributed by atoms with van der Waals surface area (Å²) in [6, 6.07) is 14.5. The molecule has 28 heavy (non-hydrogen) atoms. The second kappa shape index (κ2) is 7.48. The smallest absolute Gasteiger partial charge is 0.246 e. The Bertz CT molecular complexity index is 1160. The van der Waals surface area contributed by atoms with Gasteiger partial charge in [0.15, 0.2) is 0 Å². The molecule has 0 aliphatic carbocycles. The highest BCUT2D eigenvalue weighted by atomic mass is 35.5. The first kappa shape index (κ1) is 18.3. The number of amides is 1. The number of nitrogens with one attached hydrogen (secondary N) is 1. The van der Waals surface area contributed by atoms with Crippen LogP contribution in [-0.2, 0) is 17.9 Å². The number of aryl methyl sites for hydroxylation is 1. The van der Waals surface area contributed by atoms with E-state index in [0.29, 0.717) is 17.3 Å². The van der Waals surface area contributed by atoms with Crippen molar-refractivity contribution in [1.29, 1.82) is 0 Å². The number of hydrogen-bond donors (Lipinski definition) is 1. The van der Waals surface area contributed by atoms with Crippen molar-refractivity contribution >= 4 is 34.0 Å². The van der Waals surface area contributed by atoms with Crippen molar-refractivity contribution in [3.63, 3.8) is 0 Å². The minimum atomic E-state index is -0.174. The number of aromatic nitrogens is 4. The Morgan fingerprint density at radius 1 is 1.14 bits per heavy atom. The fourth-order valence-electron chi connectivity index (χ4n) is 3.29. The van der Waals surface area contributed by atoms with E-state index in [0.717, 1.165) is 11.4 Å². The van der Waals surface area contributed by atoms with Crippen molar-refractivity contribution in [3.05, 3.63) is 76.8 Å². The van der Waals surface area contributed by atoms with Crippen LogP contribution in [0.1, 0.15) is 17.0 Å². The van der Waals surface area contributed by atoms with Crippen LogP contribution in [0, 0.1) is 13.8 Å². The van der Waals surface area contributed by atoms with E-state index in [9.17, 15) is 4.79 Å². The number of fused-ring (bicyclic) bond motifs is 1. The molecule has 1 N–H and O–H groups in total. The van der Waals surface area contributed by atoms with Gasteiger partial charge in [-0.3, -0.25) is 14.2 Å². The van der Waals surface area contributed by atoms with Crippen LogP contribution in [0.2, 0.25) is 5.02 Å². The normalized spacial score (nSPS) is 11.1. The van der Waals surface area contributed by atoms with Crippen LogP contribution < -0.4 is 5.32 Å². The highest BCUT2D eigenvalue weighted by Gasteiger charge is 2.13. The van der Waals surface area contributed by atoms with Gasteiger partial charge in [-0.15, -0.1) is 0 Å². The van der Waals surface area contributed by atoms with Crippen molar-refractivity contribution in [1.82, 2.24) is 19.6 Å². The van der Waals surface area contributed by atoms with Gasteiger partial charge in [-0.2, -0.15) is 10.2 Å². The second-order valence-corrected chi connectivity index (χ2v) is 7.13. The quantitative estimate of drug-likeness (QED) is 0.553. The van der Waals surface area contributed by atoms with Crippen LogP contribution in [0.5, 0.6) is 0 Å². The van der Waals surface area contributed by atoms with Crippen molar-refractivity contribution in [3.8, 4) is 0 Å². The average molecular weight is 394 g/mol. The van der Waals surface area contributed by atoms with Crippen molar-refractivity contribution in [2.75, 3.05) is 5.32 Å². The summed E-state index contributed by atoms with van der Waals surface area (Å²) in [4.78, 5) is 12.3. The van der Waals surface area contributed by atoms with Gasteiger partial charge in [-0.1, -0.05) is 54.1 Å². The molecule has 142 valence electrons. The molecule has 0 atom stereocenters. The summed E-state index contributed by atoms with van der Waals surface area (Å²) in [6.45, 7) is 4.40. The van der Waals surface area contributed by atoms with Gasteiger partial charge >= 0.3 is 0 Å². The monoisotopic (exact) mass is 393 g/mol. The Morgan fingerprint density at radius 2 is 1.93 bits per heavy atom. The van der Waals surface area contributed by atoms with Crippen LogP contribution in [-0.4, -0.2) is 25.5 Å². The first-order chi connectivity index (χ1) is 13.5. The minimum absolute atomic E-state index is 0.105. The molecule has 0 unspecified atom stereocenters. The molecule has 2 aromatic carbocycles. The zero-order valence-corrected chi connectivity index (χ0v) is 16.4. The summed E-state index contributed by atoms with van der Waals surface area (Å²) < 4.78 is 3.42. The van der Waals surface area contributed by atoms with E-state index in [1.165, 1.54) is 16.3 Å². The first-order valence-corrected chi connectivity index (χ1v) is 9.37. The standard InChI is InChI=1S/C21H20ClN5O/c1-14-21(22)15(2)27(25-14)13-20(28)24-18-10-23-26(12-18)11-17-8-5-7-16-6-3-4-9-19(16)17/h3-10,12H,11,13H2,1-2H3,(H,24,28). The molecule has 2 heterocycles. The summed E-state index contributed by atoms with van der Waals surface area (Å²) in [7, 11) is 0. The van der Waals surface area contributed by atoms with Gasteiger partial charge in [0.25, 0.3) is 0 Å². The van der Waals surface area contributed by atoms with E-state index >= 15 is 0 Å². The van der Waals surface area contributed by atoms with E-state index in [4.69, 9.17) is 11.6 Å². The molecule has 0 bridgehead atoms. The number of anilines is 1. The first-order valence-electron chi connectivity index (χ1n) is 8.99. The summed E-state index contributed by atoms with van der Waals surface area (Å²) >= 11 is 6.14. The lowest BCUT2D eigenvalue weighted by molar-refractivity contribution is -0.116. The van der Waals surface area contributed by atoms with Crippen LogP contribution in [0.3, 0.4) is 0 Å². The third-order valence-electron chi connectivity index (χ3n) is 4.72. The van der Waals surface area contributed by atoms with Gasteiger partial charge in [0, 0.05) is 6.20 Å². The van der Waals surface area contributed by atoms with Gasteiger partial charge in [0.05, 0.1) is 34.8 Å². The van der Waals surface area contributed by atoms with Gasteiger partial charge < -0.3 is 5.32 Å². The number of benzene rings is 2. The second-order valence-electron chi connectivity index (χ2n) is 6.76. The predicted octanol–water partition coefficient (Wildman–Crippen LogP) is 4.19. The van der Waals surface area contributed by atoms with E-state index in [1.54, 1.807) is 10.9 Å². The lowest BCUT2D eigenvalue weighted by Crippen LogP contribution is -2.20. The maximum Gasteiger partial charge on any atom is 0.246 e. The van der Waals surface area contributed by atoms with Crippen molar-refractivity contribution in [2.24, 2.45) is 0 Å². The molecule has 7 heteroatoms. The lowest BCUT2D eigenvalue weighted by Gasteiger charge is -2.07. The molecule has 0 aliphatic heterocycles. The molecule has 1 amide bonds. The Balaban J connectivity index is 1.45. The Kier molecular flexibility index (Phi) is 4.88. The number of carbonyl (C=O) groups excluding carboxylic acids is 1. The highest BCUT2D eigenvalue weighted by Crippen LogP contribution is 2.20. The fourth-order valence-corrected chi connectivity index (χ4v) is 3.42. The maximum absolute atomic E-state index is 12.3. The highest BCUT2D eigenvalue weighted by molar-refractivity contribution is 6.31. The molecule has 0 spiro atoms. The van der Waals surface area contributed by atoms with Gasteiger partial charge in [0.2, 0.25) is 5.91 Å². The molecule has 0 saturated carbocycles. The zero-order valence-electron chi connectivity index (χ0n) is 15.7. The van der Waals surface area contributed by atoms with E-state index in [-0.39, 0.29) is 12.5 Å². The molecular weight excluding hydrogens is 374 g/mol. The Labute approximate surface area is 167 Å². The number of rotatable bonds is 5. The summed E-state index contributed by atoms with van der Waals surface area (Å²) in [5.41, 5.74) is 3.32. The maximum atomic E-state index is 12.3.